The molecule has 4 heteroatoms. The minimum absolute atomic E-state index is 0.289. The molecule has 1 aromatic rings. The Morgan fingerprint density at radius 2 is 1.95 bits per heavy atom. The predicted molar refractivity (Wildman–Crippen MR) is 82.6 cm³/mol. The molecular formula is C17H23FN2O. The summed E-state index contributed by atoms with van der Waals surface area (Å²) in [5, 5.41) is 4.36. The van der Waals surface area contributed by atoms with E-state index in [4.69, 9.17) is 0 Å². The van der Waals surface area contributed by atoms with Crippen LogP contribution in [-0.2, 0) is 0 Å². The Labute approximate surface area is 125 Å². The van der Waals surface area contributed by atoms with E-state index in [1.165, 1.54) is 30.7 Å². The van der Waals surface area contributed by atoms with Gasteiger partial charge in [-0.1, -0.05) is 20.8 Å². The number of rotatable bonds is 3. The zero-order valence-electron chi connectivity index (χ0n) is 12.9. The summed E-state index contributed by atoms with van der Waals surface area (Å²) in [5.74, 6) is 0.942. The van der Waals surface area contributed by atoms with Crippen molar-refractivity contribution in [1.29, 1.82) is 0 Å². The van der Waals surface area contributed by atoms with Crippen molar-refractivity contribution < 1.29 is 9.18 Å². The van der Waals surface area contributed by atoms with E-state index in [9.17, 15) is 9.18 Å². The molecule has 0 radical (unpaired) electrons. The van der Waals surface area contributed by atoms with Crippen LogP contribution in [0.2, 0.25) is 0 Å². The number of hydrogen-bond acceptors (Lipinski definition) is 2. The highest BCUT2D eigenvalue weighted by atomic mass is 19.1. The third-order valence-corrected chi connectivity index (χ3v) is 4.17. The van der Waals surface area contributed by atoms with E-state index in [1.54, 1.807) is 0 Å². The minimum atomic E-state index is -0.348. The van der Waals surface area contributed by atoms with Gasteiger partial charge in [-0.05, 0) is 55.4 Å². The van der Waals surface area contributed by atoms with Gasteiger partial charge < -0.3 is 0 Å². The van der Waals surface area contributed by atoms with Gasteiger partial charge in [0.05, 0.1) is 0 Å². The molecule has 21 heavy (non-hydrogen) atoms. The van der Waals surface area contributed by atoms with Crippen LogP contribution in [0.1, 0.15) is 50.4 Å². The molecule has 2 rings (SSSR count). The van der Waals surface area contributed by atoms with E-state index < -0.39 is 0 Å². The van der Waals surface area contributed by atoms with Crippen LogP contribution in [0.5, 0.6) is 0 Å². The zero-order chi connectivity index (χ0) is 15.4. The molecule has 1 amide bonds. The Morgan fingerprint density at radius 3 is 2.57 bits per heavy atom. The van der Waals surface area contributed by atoms with Crippen LogP contribution in [0.4, 0.5) is 4.39 Å². The first-order chi connectivity index (χ1) is 9.97. The van der Waals surface area contributed by atoms with Gasteiger partial charge in [-0.15, -0.1) is 0 Å². The van der Waals surface area contributed by atoms with Gasteiger partial charge in [-0.25, -0.2) is 9.82 Å². The minimum Gasteiger partial charge on any atom is -0.267 e. The fourth-order valence-electron chi connectivity index (χ4n) is 2.88. The molecule has 2 atom stereocenters. The second-order valence-corrected chi connectivity index (χ2v) is 6.29. The predicted octanol–water partition coefficient (Wildman–Crippen LogP) is 4.00. The summed E-state index contributed by atoms with van der Waals surface area (Å²) in [6, 6.07) is 5.49. The van der Waals surface area contributed by atoms with E-state index >= 15 is 0 Å². The highest BCUT2D eigenvalue weighted by molar-refractivity contribution is 5.96. The van der Waals surface area contributed by atoms with E-state index in [2.05, 4.69) is 31.3 Å². The fraction of sp³-hybridized carbons (Fsp3) is 0.529. The lowest BCUT2D eigenvalue weighted by Crippen LogP contribution is -2.31. The van der Waals surface area contributed by atoms with Crippen molar-refractivity contribution in [1.82, 2.24) is 5.43 Å². The second kappa shape index (κ2) is 6.83. The summed E-state index contributed by atoms with van der Waals surface area (Å²) in [6.45, 7) is 6.60. The standard InChI is InChI=1S/C17H23FN2O/c1-11(2)15-9-4-12(3)10-16(15)19-20-17(21)13-5-7-14(18)8-6-13/h5-8,11-12,15H,4,9-10H2,1-3H3,(H,20,21)/b19-16-/t12-,15+/m1/s1. The van der Waals surface area contributed by atoms with Crippen molar-refractivity contribution in [3.05, 3.63) is 35.6 Å². The monoisotopic (exact) mass is 290 g/mol. The maximum Gasteiger partial charge on any atom is 0.271 e. The lowest BCUT2D eigenvalue weighted by molar-refractivity contribution is 0.0954. The molecule has 0 bridgehead atoms. The molecule has 0 heterocycles. The summed E-state index contributed by atoms with van der Waals surface area (Å²) in [5.41, 5.74) is 4.12. The number of hydrazone groups is 1. The summed E-state index contributed by atoms with van der Waals surface area (Å²) in [6.07, 6.45) is 3.28. The van der Waals surface area contributed by atoms with Gasteiger partial charge in [-0.3, -0.25) is 4.79 Å². The largest absolute Gasteiger partial charge is 0.271 e. The highest BCUT2D eigenvalue weighted by Crippen LogP contribution is 2.31. The van der Waals surface area contributed by atoms with Gasteiger partial charge >= 0.3 is 0 Å². The number of nitrogens with zero attached hydrogens (tertiary/aromatic N) is 1. The third-order valence-electron chi connectivity index (χ3n) is 4.17. The Bertz CT molecular complexity index is 522. The molecular weight excluding hydrogens is 267 g/mol. The number of nitrogens with one attached hydrogen (secondary N) is 1. The van der Waals surface area contributed by atoms with E-state index in [0.717, 1.165) is 18.6 Å². The van der Waals surface area contributed by atoms with Crippen LogP contribution < -0.4 is 5.43 Å². The van der Waals surface area contributed by atoms with Crippen molar-refractivity contribution in [3.63, 3.8) is 0 Å². The lowest BCUT2D eigenvalue weighted by atomic mass is 9.76. The number of hydrogen-bond donors (Lipinski definition) is 1. The van der Waals surface area contributed by atoms with Crippen LogP contribution in [-0.4, -0.2) is 11.6 Å². The Kier molecular flexibility index (Phi) is 5.10. The molecule has 1 aliphatic carbocycles. The quantitative estimate of drug-likeness (QED) is 0.840. The number of amides is 1. The average molecular weight is 290 g/mol. The van der Waals surface area contributed by atoms with Crippen molar-refractivity contribution in [2.75, 3.05) is 0 Å². The van der Waals surface area contributed by atoms with Gasteiger partial charge in [0.1, 0.15) is 5.82 Å². The maximum absolute atomic E-state index is 12.9. The first kappa shape index (κ1) is 15.7. The number of carbonyl (C=O) groups excluding carboxylic acids is 1. The van der Waals surface area contributed by atoms with Crippen molar-refractivity contribution in [2.45, 2.75) is 40.0 Å². The Hall–Kier alpha value is -1.71. The Balaban J connectivity index is 2.06. The highest BCUT2D eigenvalue weighted by Gasteiger charge is 2.27. The third kappa shape index (κ3) is 4.13. The molecule has 1 saturated carbocycles. The van der Waals surface area contributed by atoms with Crippen molar-refractivity contribution in [2.24, 2.45) is 22.9 Å². The maximum atomic E-state index is 12.9. The molecule has 1 fully saturated rings. The fourth-order valence-corrected chi connectivity index (χ4v) is 2.88. The molecule has 1 aliphatic rings. The second-order valence-electron chi connectivity index (χ2n) is 6.29. The molecule has 0 aromatic heterocycles. The lowest BCUT2D eigenvalue weighted by Gasteiger charge is -2.30. The van der Waals surface area contributed by atoms with Gasteiger partial charge in [-0.2, -0.15) is 5.10 Å². The van der Waals surface area contributed by atoms with Crippen LogP contribution >= 0.6 is 0 Å². The van der Waals surface area contributed by atoms with Crippen LogP contribution in [0.25, 0.3) is 0 Å². The summed E-state index contributed by atoms with van der Waals surface area (Å²) < 4.78 is 12.9. The first-order valence-electron chi connectivity index (χ1n) is 7.59. The molecule has 1 aromatic carbocycles. The van der Waals surface area contributed by atoms with E-state index in [0.29, 0.717) is 23.3 Å². The zero-order valence-corrected chi connectivity index (χ0v) is 12.9. The number of carbonyl (C=O) groups is 1. The molecule has 0 spiro atoms. The molecule has 114 valence electrons. The van der Waals surface area contributed by atoms with E-state index in [1.807, 2.05) is 0 Å². The normalized spacial score (nSPS) is 24.3. The Morgan fingerprint density at radius 1 is 1.29 bits per heavy atom. The molecule has 0 aliphatic heterocycles. The van der Waals surface area contributed by atoms with Crippen LogP contribution in [0.15, 0.2) is 29.4 Å². The molecule has 0 saturated heterocycles. The van der Waals surface area contributed by atoms with Crippen molar-refractivity contribution >= 4 is 11.6 Å². The van der Waals surface area contributed by atoms with Crippen LogP contribution in [0, 0.1) is 23.6 Å². The van der Waals surface area contributed by atoms with Gasteiger partial charge in [0.2, 0.25) is 0 Å². The summed E-state index contributed by atoms with van der Waals surface area (Å²) in [7, 11) is 0. The van der Waals surface area contributed by atoms with Gasteiger partial charge in [0.15, 0.2) is 0 Å². The molecule has 0 unspecified atom stereocenters. The smallest absolute Gasteiger partial charge is 0.267 e. The first-order valence-corrected chi connectivity index (χ1v) is 7.59. The van der Waals surface area contributed by atoms with Gasteiger partial charge in [0.25, 0.3) is 5.91 Å². The average Bonchev–Trinajstić information content (AvgIpc) is 2.45. The summed E-state index contributed by atoms with van der Waals surface area (Å²) >= 11 is 0. The van der Waals surface area contributed by atoms with Gasteiger partial charge in [0, 0.05) is 17.2 Å². The van der Waals surface area contributed by atoms with E-state index in [-0.39, 0.29) is 11.7 Å². The number of halogens is 1. The van der Waals surface area contributed by atoms with Crippen molar-refractivity contribution in [3.8, 4) is 0 Å². The van der Waals surface area contributed by atoms with Crippen LogP contribution in [0.3, 0.4) is 0 Å². The topological polar surface area (TPSA) is 41.5 Å². The molecule has 3 nitrogen and oxygen atoms in total. The summed E-state index contributed by atoms with van der Waals surface area (Å²) in [4.78, 5) is 12.0. The number of benzene rings is 1. The molecule has 1 N–H and O–H groups in total. The SMILES string of the molecule is CC(C)[C@@H]1CC[C@@H](C)C/C1=N/NC(=O)c1ccc(F)cc1.